The molecule has 7 heteroatoms. The maximum absolute atomic E-state index is 12.4. The van der Waals surface area contributed by atoms with E-state index in [1.54, 1.807) is 12.1 Å². The molecule has 4 unspecified atom stereocenters. The second-order valence-corrected chi connectivity index (χ2v) is 8.83. The summed E-state index contributed by atoms with van der Waals surface area (Å²) < 4.78 is 6.17. The summed E-state index contributed by atoms with van der Waals surface area (Å²) in [5.74, 6) is -0.379. The topological polar surface area (TPSA) is 114 Å². The van der Waals surface area contributed by atoms with E-state index in [1.807, 2.05) is 42.5 Å². The van der Waals surface area contributed by atoms with Gasteiger partial charge in [0.1, 0.15) is 0 Å². The van der Waals surface area contributed by atoms with Crippen molar-refractivity contribution in [3.63, 3.8) is 0 Å². The molecule has 0 aliphatic carbocycles. The van der Waals surface area contributed by atoms with Crippen molar-refractivity contribution in [2.24, 2.45) is 17.6 Å². The lowest BCUT2D eigenvalue weighted by Gasteiger charge is -2.28. The Labute approximate surface area is 188 Å². The van der Waals surface area contributed by atoms with Crippen molar-refractivity contribution in [3.8, 4) is 0 Å². The predicted molar refractivity (Wildman–Crippen MR) is 121 cm³/mol. The Morgan fingerprint density at radius 1 is 1.00 bits per heavy atom. The second-order valence-electron chi connectivity index (χ2n) is 8.83. The lowest BCUT2D eigenvalue weighted by Crippen LogP contribution is -2.50. The van der Waals surface area contributed by atoms with Crippen molar-refractivity contribution < 1.29 is 19.4 Å². The van der Waals surface area contributed by atoms with E-state index in [-0.39, 0.29) is 18.1 Å². The van der Waals surface area contributed by atoms with Crippen LogP contribution in [0.1, 0.15) is 40.7 Å². The first kappa shape index (κ1) is 22.5. The predicted octanol–water partition coefficient (Wildman–Crippen LogP) is 2.30. The van der Waals surface area contributed by atoms with Crippen molar-refractivity contribution in [2.45, 2.75) is 50.4 Å². The van der Waals surface area contributed by atoms with Gasteiger partial charge >= 0.3 is 5.97 Å². The number of fused-ring (bicyclic) bond motifs is 2. The Morgan fingerprint density at radius 3 is 2.38 bits per heavy atom. The van der Waals surface area contributed by atoms with Crippen LogP contribution in [0.4, 0.5) is 0 Å². The number of rotatable bonds is 10. The molecule has 0 saturated carbocycles. The number of hydrogen-bond donors (Lipinski definition) is 4. The van der Waals surface area contributed by atoms with Gasteiger partial charge in [0, 0.05) is 12.5 Å². The first-order valence-electron chi connectivity index (χ1n) is 11.3. The number of hydrazine groups is 1. The number of ether oxygens (including phenoxy) is 1. The van der Waals surface area contributed by atoms with E-state index >= 15 is 0 Å². The third kappa shape index (κ3) is 5.35. The Bertz CT molecular complexity index is 919. The lowest BCUT2D eigenvalue weighted by atomic mass is 9.76. The first-order chi connectivity index (χ1) is 15.5. The van der Waals surface area contributed by atoms with Gasteiger partial charge in [0.05, 0.1) is 23.8 Å². The first-order valence-corrected chi connectivity index (χ1v) is 11.3. The number of carboxylic acids is 1. The van der Waals surface area contributed by atoms with Gasteiger partial charge in [-0.05, 0) is 61.3 Å². The summed E-state index contributed by atoms with van der Waals surface area (Å²) in [5, 5.41) is 9.05. The van der Waals surface area contributed by atoms with Gasteiger partial charge < -0.3 is 15.6 Å². The maximum atomic E-state index is 12.4. The third-order valence-corrected chi connectivity index (χ3v) is 6.74. The molecule has 0 spiro atoms. The van der Waals surface area contributed by atoms with Crippen LogP contribution in [0.15, 0.2) is 54.6 Å². The van der Waals surface area contributed by atoms with Crippen molar-refractivity contribution in [1.29, 1.82) is 0 Å². The van der Waals surface area contributed by atoms with E-state index in [9.17, 15) is 9.59 Å². The average molecular weight is 438 g/mol. The monoisotopic (exact) mass is 437 g/mol. The highest BCUT2D eigenvalue weighted by Gasteiger charge is 2.48. The molecule has 32 heavy (non-hydrogen) atoms. The molecule has 2 aliphatic heterocycles. The zero-order valence-electron chi connectivity index (χ0n) is 18.1. The van der Waals surface area contributed by atoms with Gasteiger partial charge in [0.15, 0.2) is 0 Å². The summed E-state index contributed by atoms with van der Waals surface area (Å²) in [6.45, 7) is 0.646. The van der Waals surface area contributed by atoms with Crippen LogP contribution >= 0.6 is 0 Å². The van der Waals surface area contributed by atoms with Gasteiger partial charge in [0.25, 0.3) is 5.91 Å². The molecule has 5 N–H and O–H groups in total. The fraction of sp³-hybridized carbons (Fsp3) is 0.440. The zero-order chi connectivity index (χ0) is 22.5. The van der Waals surface area contributed by atoms with Crippen LogP contribution in [0.5, 0.6) is 0 Å². The molecule has 7 nitrogen and oxygen atoms in total. The SMILES string of the molecule is N[C@@H](Cc1ccccc1)C(=O)NNCC1C2CCC(O2)C1CCc1ccc(C(=O)O)cc1. The van der Waals surface area contributed by atoms with Gasteiger partial charge in [-0.25, -0.2) is 10.2 Å². The van der Waals surface area contributed by atoms with Gasteiger partial charge in [-0.2, -0.15) is 0 Å². The van der Waals surface area contributed by atoms with Crippen molar-refractivity contribution in [3.05, 3.63) is 71.3 Å². The number of amides is 1. The number of aryl methyl sites for hydroxylation is 1. The highest BCUT2D eigenvalue weighted by atomic mass is 16.5. The molecule has 4 rings (SSSR count). The summed E-state index contributed by atoms with van der Waals surface area (Å²) in [6.07, 6.45) is 4.97. The molecular weight excluding hydrogens is 406 g/mol. The van der Waals surface area contributed by atoms with Crippen LogP contribution < -0.4 is 16.6 Å². The van der Waals surface area contributed by atoms with Crippen LogP contribution in [0.2, 0.25) is 0 Å². The molecule has 2 bridgehead atoms. The minimum atomic E-state index is -0.908. The summed E-state index contributed by atoms with van der Waals surface area (Å²) >= 11 is 0. The van der Waals surface area contributed by atoms with Gasteiger partial charge in [-0.3, -0.25) is 10.2 Å². The number of benzene rings is 2. The van der Waals surface area contributed by atoms with Crippen molar-refractivity contribution >= 4 is 11.9 Å². The smallest absolute Gasteiger partial charge is 0.335 e. The molecule has 2 fully saturated rings. The Balaban J connectivity index is 1.25. The van der Waals surface area contributed by atoms with E-state index in [1.165, 1.54) is 0 Å². The number of carbonyl (C=O) groups is 2. The molecule has 2 saturated heterocycles. The molecule has 2 heterocycles. The number of carbonyl (C=O) groups excluding carboxylic acids is 1. The fourth-order valence-corrected chi connectivity index (χ4v) is 5.01. The van der Waals surface area contributed by atoms with Crippen LogP contribution in [0.25, 0.3) is 0 Å². The van der Waals surface area contributed by atoms with E-state index in [0.29, 0.717) is 30.4 Å². The van der Waals surface area contributed by atoms with E-state index in [2.05, 4.69) is 10.9 Å². The van der Waals surface area contributed by atoms with Gasteiger partial charge in [0.2, 0.25) is 0 Å². The number of carboxylic acid groups (broad SMARTS) is 1. The average Bonchev–Trinajstić information content (AvgIpc) is 3.40. The number of nitrogens with two attached hydrogens (primary N) is 1. The van der Waals surface area contributed by atoms with Crippen LogP contribution in [-0.4, -0.2) is 41.8 Å². The Morgan fingerprint density at radius 2 is 1.69 bits per heavy atom. The Kier molecular flexibility index (Phi) is 7.19. The normalized spacial score (nSPS) is 24.9. The van der Waals surface area contributed by atoms with Crippen LogP contribution in [-0.2, 0) is 22.4 Å². The minimum absolute atomic E-state index is 0.215. The van der Waals surface area contributed by atoms with Gasteiger partial charge in [-0.15, -0.1) is 0 Å². The summed E-state index contributed by atoms with van der Waals surface area (Å²) in [7, 11) is 0. The highest BCUT2D eigenvalue weighted by Crippen LogP contribution is 2.45. The summed E-state index contributed by atoms with van der Waals surface area (Å²) in [5.41, 5.74) is 14.4. The lowest BCUT2D eigenvalue weighted by molar-refractivity contribution is -0.123. The molecule has 0 radical (unpaired) electrons. The van der Waals surface area contributed by atoms with E-state index in [0.717, 1.165) is 36.8 Å². The summed E-state index contributed by atoms with van der Waals surface area (Å²) in [4.78, 5) is 23.4. The largest absolute Gasteiger partial charge is 0.478 e. The number of hydrogen-bond acceptors (Lipinski definition) is 5. The number of nitrogens with one attached hydrogen (secondary N) is 2. The molecular formula is C25H31N3O4. The minimum Gasteiger partial charge on any atom is -0.478 e. The third-order valence-electron chi connectivity index (χ3n) is 6.74. The maximum Gasteiger partial charge on any atom is 0.335 e. The standard InChI is InChI=1S/C25H31N3O4/c26-21(14-17-4-2-1-3-5-17)24(29)28-27-15-20-19(22-12-13-23(20)32-22)11-8-16-6-9-18(10-7-16)25(30)31/h1-7,9-10,19-23,27H,8,11-15,26H2,(H,28,29)(H,30,31)/t19?,20?,21-,22?,23?/m0/s1. The van der Waals surface area contributed by atoms with E-state index in [4.69, 9.17) is 15.6 Å². The van der Waals surface area contributed by atoms with Crippen LogP contribution in [0.3, 0.4) is 0 Å². The molecule has 2 aromatic carbocycles. The zero-order valence-corrected chi connectivity index (χ0v) is 18.1. The Hall–Kier alpha value is -2.74. The summed E-state index contributed by atoms with van der Waals surface area (Å²) in [6, 6.07) is 16.2. The van der Waals surface area contributed by atoms with Crippen LogP contribution in [0, 0.1) is 11.8 Å². The second kappa shape index (κ2) is 10.3. The molecule has 170 valence electrons. The quantitative estimate of drug-likeness (QED) is 0.424. The van der Waals surface area contributed by atoms with Gasteiger partial charge in [-0.1, -0.05) is 42.5 Å². The molecule has 0 aromatic heterocycles. The fourth-order valence-electron chi connectivity index (χ4n) is 5.01. The molecule has 2 aliphatic rings. The molecule has 1 amide bonds. The van der Waals surface area contributed by atoms with E-state index < -0.39 is 12.0 Å². The highest BCUT2D eigenvalue weighted by molar-refractivity contribution is 5.87. The molecule has 2 aromatic rings. The number of aromatic carboxylic acids is 1. The molecule has 5 atom stereocenters. The van der Waals surface area contributed by atoms with Crippen molar-refractivity contribution in [2.75, 3.05) is 6.54 Å². The van der Waals surface area contributed by atoms with Crippen molar-refractivity contribution in [1.82, 2.24) is 10.9 Å².